The number of anilines is 1. The number of urea groups is 1. The molecule has 2 N–H and O–H groups in total. The van der Waals surface area contributed by atoms with E-state index in [2.05, 4.69) is 10.4 Å². The molecule has 1 aromatic carbocycles. The highest BCUT2D eigenvalue weighted by Gasteiger charge is 2.27. The number of rotatable bonds is 2. The molecule has 1 aliphatic heterocycles. The largest absolute Gasteiger partial charge is 0.394 e. The van der Waals surface area contributed by atoms with Crippen LogP contribution in [0.15, 0.2) is 24.4 Å². The van der Waals surface area contributed by atoms with Crippen molar-refractivity contribution in [3.05, 3.63) is 24.4 Å². The van der Waals surface area contributed by atoms with Crippen LogP contribution in [0.2, 0.25) is 0 Å². The van der Waals surface area contributed by atoms with Gasteiger partial charge in [0.1, 0.15) is 0 Å². The normalized spacial score (nSPS) is 18.7. The Bertz CT molecular complexity index is 637. The van der Waals surface area contributed by atoms with Gasteiger partial charge in [-0.15, -0.1) is 0 Å². The molecule has 2 heterocycles. The summed E-state index contributed by atoms with van der Waals surface area (Å²) in [5.74, 6) is 0. The van der Waals surface area contributed by atoms with Gasteiger partial charge in [-0.2, -0.15) is 5.10 Å². The first-order valence-corrected chi connectivity index (χ1v) is 6.79. The number of hydrogen-bond acceptors (Lipinski definition) is 3. The first-order valence-electron chi connectivity index (χ1n) is 6.79. The van der Waals surface area contributed by atoms with Crippen molar-refractivity contribution in [2.45, 2.75) is 18.9 Å². The Morgan fingerprint density at radius 2 is 2.40 bits per heavy atom. The second kappa shape index (κ2) is 5.13. The molecule has 1 atom stereocenters. The number of aromatic nitrogens is 2. The van der Waals surface area contributed by atoms with Crippen LogP contribution in [-0.2, 0) is 7.05 Å². The van der Waals surface area contributed by atoms with Crippen molar-refractivity contribution in [2.24, 2.45) is 7.05 Å². The van der Waals surface area contributed by atoms with Crippen molar-refractivity contribution in [1.29, 1.82) is 0 Å². The van der Waals surface area contributed by atoms with E-state index in [4.69, 9.17) is 0 Å². The van der Waals surface area contributed by atoms with E-state index in [9.17, 15) is 9.90 Å². The minimum absolute atomic E-state index is 0.0229. The number of carbonyl (C=O) groups excluding carboxylic acids is 1. The van der Waals surface area contributed by atoms with Crippen molar-refractivity contribution in [3.8, 4) is 0 Å². The van der Waals surface area contributed by atoms with E-state index in [-0.39, 0.29) is 18.7 Å². The number of fused-ring (bicyclic) bond motifs is 1. The minimum Gasteiger partial charge on any atom is -0.394 e. The Morgan fingerprint density at radius 1 is 1.55 bits per heavy atom. The number of aliphatic hydroxyl groups excluding tert-OH is 1. The summed E-state index contributed by atoms with van der Waals surface area (Å²) < 4.78 is 1.79. The van der Waals surface area contributed by atoms with Crippen LogP contribution in [0.1, 0.15) is 12.8 Å². The van der Waals surface area contributed by atoms with Gasteiger partial charge in [-0.3, -0.25) is 4.68 Å². The molecule has 1 fully saturated rings. The third kappa shape index (κ3) is 2.22. The number of nitrogens with zero attached hydrogens (tertiary/aromatic N) is 3. The molecule has 0 bridgehead atoms. The molecule has 6 heteroatoms. The smallest absolute Gasteiger partial charge is 0.322 e. The highest BCUT2D eigenvalue weighted by atomic mass is 16.3. The van der Waals surface area contributed by atoms with E-state index >= 15 is 0 Å². The number of amides is 2. The summed E-state index contributed by atoms with van der Waals surface area (Å²) in [6.07, 6.45) is 3.59. The summed E-state index contributed by atoms with van der Waals surface area (Å²) in [7, 11) is 1.89. The van der Waals surface area contributed by atoms with E-state index in [1.807, 2.05) is 25.2 Å². The van der Waals surface area contributed by atoms with Gasteiger partial charge in [-0.25, -0.2) is 4.79 Å². The van der Waals surface area contributed by atoms with Crippen molar-refractivity contribution in [1.82, 2.24) is 14.7 Å². The number of aliphatic hydroxyl groups is 1. The second-order valence-electron chi connectivity index (χ2n) is 5.14. The van der Waals surface area contributed by atoms with Crippen LogP contribution >= 0.6 is 0 Å². The molecule has 0 aliphatic carbocycles. The Hall–Kier alpha value is -2.08. The Labute approximate surface area is 117 Å². The summed E-state index contributed by atoms with van der Waals surface area (Å²) in [6.45, 7) is 0.723. The van der Waals surface area contributed by atoms with E-state index in [1.165, 1.54) is 0 Å². The van der Waals surface area contributed by atoms with Gasteiger partial charge in [-0.05, 0) is 31.0 Å². The molecule has 0 spiro atoms. The zero-order chi connectivity index (χ0) is 14.1. The van der Waals surface area contributed by atoms with Gasteiger partial charge in [0.25, 0.3) is 0 Å². The maximum Gasteiger partial charge on any atom is 0.322 e. The Balaban J connectivity index is 1.77. The van der Waals surface area contributed by atoms with E-state index in [1.54, 1.807) is 15.8 Å². The zero-order valence-corrected chi connectivity index (χ0v) is 11.4. The molecule has 0 saturated carbocycles. The van der Waals surface area contributed by atoms with Gasteiger partial charge in [0.15, 0.2) is 0 Å². The SMILES string of the molecule is Cn1ncc2cc(NC(=O)N3CCC[C@H]3CO)ccc21. The molecule has 2 amide bonds. The summed E-state index contributed by atoms with van der Waals surface area (Å²) >= 11 is 0. The van der Waals surface area contributed by atoms with Crippen LogP contribution in [-0.4, -0.2) is 45.0 Å². The molecule has 2 aromatic rings. The number of likely N-dealkylation sites (tertiary alicyclic amines) is 1. The highest BCUT2D eigenvalue weighted by molar-refractivity contribution is 5.93. The quantitative estimate of drug-likeness (QED) is 0.873. The summed E-state index contributed by atoms with van der Waals surface area (Å²) in [6, 6.07) is 5.50. The van der Waals surface area contributed by atoms with Crippen LogP contribution < -0.4 is 5.32 Å². The van der Waals surface area contributed by atoms with Gasteiger partial charge < -0.3 is 15.3 Å². The van der Waals surface area contributed by atoms with Crippen LogP contribution in [0.4, 0.5) is 10.5 Å². The standard InChI is InChI=1S/C14H18N4O2/c1-17-13-5-4-11(7-10(13)8-15-17)16-14(20)18-6-2-3-12(18)9-19/h4-5,7-8,12,19H,2-3,6,9H2,1H3,(H,16,20)/t12-/m0/s1. The van der Waals surface area contributed by atoms with Gasteiger partial charge in [0.05, 0.1) is 24.4 Å². The monoisotopic (exact) mass is 274 g/mol. The zero-order valence-electron chi connectivity index (χ0n) is 11.4. The fourth-order valence-corrected chi connectivity index (χ4v) is 2.73. The molecule has 106 valence electrons. The number of carbonyl (C=O) groups is 1. The fourth-order valence-electron chi connectivity index (χ4n) is 2.73. The maximum atomic E-state index is 12.2. The number of nitrogens with one attached hydrogen (secondary N) is 1. The van der Waals surface area contributed by atoms with E-state index in [0.29, 0.717) is 6.54 Å². The lowest BCUT2D eigenvalue weighted by atomic mass is 10.2. The Morgan fingerprint density at radius 3 is 3.20 bits per heavy atom. The van der Waals surface area contributed by atoms with Crippen molar-refractivity contribution < 1.29 is 9.90 Å². The van der Waals surface area contributed by atoms with E-state index < -0.39 is 0 Å². The summed E-state index contributed by atoms with van der Waals surface area (Å²) in [4.78, 5) is 13.9. The summed E-state index contributed by atoms with van der Waals surface area (Å²) in [5, 5.41) is 17.3. The molecule has 1 aromatic heterocycles. The average molecular weight is 274 g/mol. The lowest BCUT2D eigenvalue weighted by molar-refractivity contribution is 0.166. The number of benzene rings is 1. The average Bonchev–Trinajstić information content (AvgIpc) is 3.05. The van der Waals surface area contributed by atoms with Crippen molar-refractivity contribution in [2.75, 3.05) is 18.5 Å². The van der Waals surface area contributed by atoms with Crippen LogP contribution in [0, 0.1) is 0 Å². The molecule has 1 aliphatic rings. The first-order chi connectivity index (χ1) is 9.69. The topological polar surface area (TPSA) is 70.4 Å². The van der Waals surface area contributed by atoms with Crippen LogP contribution in [0.3, 0.4) is 0 Å². The van der Waals surface area contributed by atoms with Crippen LogP contribution in [0.5, 0.6) is 0 Å². The predicted molar refractivity (Wildman–Crippen MR) is 76.5 cm³/mol. The molecular formula is C14H18N4O2. The molecule has 20 heavy (non-hydrogen) atoms. The third-order valence-electron chi connectivity index (χ3n) is 3.85. The molecule has 0 radical (unpaired) electrons. The van der Waals surface area contributed by atoms with Gasteiger partial charge in [-0.1, -0.05) is 0 Å². The lowest BCUT2D eigenvalue weighted by Crippen LogP contribution is -2.40. The first kappa shape index (κ1) is 12.9. The van der Waals surface area contributed by atoms with Crippen molar-refractivity contribution in [3.63, 3.8) is 0 Å². The maximum absolute atomic E-state index is 12.2. The van der Waals surface area contributed by atoms with Crippen LogP contribution in [0.25, 0.3) is 10.9 Å². The summed E-state index contributed by atoms with van der Waals surface area (Å²) in [5.41, 5.74) is 1.77. The van der Waals surface area contributed by atoms with E-state index in [0.717, 1.165) is 29.4 Å². The molecule has 3 rings (SSSR count). The molecule has 0 unspecified atom stereocenters. The lowest BCUT2D eigenvalue weighted by Gasteiger charge is -2.23. The highest BCUT2D eigenvalue weighted by Crippen LogP contribution is 2.21. The minimum atomic E-state index is -0.148. The number of aryl methyl sites for hydroxylation is 1. The van der Waals surface area contributed by atoms with Gasteiger partial charge in [0.2, 0.25) is 0 Å². The fraction of sp³-hybridized carbons (Fsp3) is 0.429. The molecular weight excluding hydrogens is 256 g/mol. The molecule has 1 saturated heterocycles. The molecule has 6 nitrogen and oxygen atoms in total. The second-order valence-corrected chi connectivity index (χ2v) is 5.14. The van der Waals surface area contributed by atoms with Crippen molar-refractivity contribution >= 4 is 22.6 Å². The predicted octanol–water partition coefficient (Wildman–Crippen LogP) is 1.56. The van der Waals surface area contributed by atoms with Gasteiger partial charge >= 0.3 is 6.03 Å². The third-order valence-corrected chi connectivity index (χ3v) is 3.85. The Kier molecular flexibility index (Phi) is 3.31. The van der Waals surface area contributed by atoms with Gasteiger partial charge in [0, 0.05) is 24.7 Å². The number of hydrogen-bond donors (Lipinski definition) is 2.